The van der Waals surface area contributed by atoms with E-state index < -0.39 is 11.5 Å². The number of rotatable bonds is 3. The van der Waals surface area contributed by atoms with Crippen molar-refractivity contribution in [1.29, 1.82) is 0 Å². The number of carboxylic acids is 1. The van der Waals surface area contributed by atoms with Crippen LogP contribution in [0.3, 0.4) is 0 Å². The quantitative estimate of drug-likeness (QED) is 0.780. The lowest BCUT2D eigenvalue weighted by molar-refractivity contribution is -0.142. The molecule has 104 valence electrons. The number of aliphatic carboxylic acids is 1. The van der Waals surface area contributed by atoms with Gasteiger partial charge in [-0.2, -0.15) is 0 Å². The molecule has 1 aliphatic carbocycles. The molecule has 0 aliphatic heterocycles. The van der Waals surface area contributed by atoms with E-state index in [0.29, 0.717) is 17.9 Å². The molecule has 1 aliphatic rings. The first-order valence-corrected chi connectivity index (χ1v) is 7.67. The van der Waals surface area contributed by atoms with Gasteiger partial charge in [-0.15, -0.1) is 0 Å². The van der Waals surface area contributed by atoms with Crippen molar-refractivity contribution in [2.45, 2.75) is 44.1 Å². The summed E-state index contributed by atoms with van der Waals surface area (Å²) < 4.78 is 0.772. The van der Waals surface area contributed by atoms with Gasteiger partial charge < -0.3 is 10.4 Å². The second-order valence-electron chi connectivity index (χ2n) is 5.06. The van der Waals surface area contributed by atoms with Gasteiger partial charge in [-0.3, -0.25) is 0 Å². The van der Waals surface area contributed by atoms with Crippen LogP contribution in [0.15, 0.2) is 22.7 Å². The molecular formula is C14H17BrClNO2. The van der Waals surface area contributed by atoms with E-state index >= 15 is 0 Å². The topological polar surface area (TPSA) is 49.3 Å². The SMILES string of the molecule is O=C(O)C1(Nc2ccc(Cl)c(Br)c2)CCCCCC1. The maximum absolute atomic E-state index is 11.7. The average Bonchev–Trinajstić information content (AvgIpc) is 2.60. The Hall–Kier alpha value is -0.740. The zero-order valence-electron chi connectivity index (χ0n) is 10.6. The Morgan fingerprint density at radius 2 is 1.89 bits per heavy atom. The Morgan fingerprint density at radius 3 is 2.42 bits per heavy atom. The summed E-state index contributed by atoms with van der Waals surface area (Å²) in [6.45, 7) is 0. The molecule has 5 heteroatoms. The first-order chi connectivity index (χ1) is 9.03. The lowest BCUT2D eigenvalue weighted by Gasteiger charge is -2.30. The maximum atomic E-state index is 11.7. The van der Waals surface area contributed by atoms with E-state index in [-0.39, 0.29) is 0 Å². The van der Waals surface area contributed by atoms with E-state index in [1.54, 1.807) is 6.07 Å². The van der Waals surface area contributed by atoms with Gasteiger partial charge in [-0.25, -0.2) is 4.79 Å². The van der Waals surface area contributed by atoms with Gasteiger partial charge in [0.25, 0.3) is 0 Å². The minimum Gasteiger partial charge on any atom is -0.480 e. The van der Waals surface area contributed by atoms with Gasteiger partial charge in [0.1, 0.15) is 5.54 Å². The first kappa shape index (κ1) is 14.7. The number of hydrogen-bond donors (Lipinski definition) is 2. The molecular weight excluding hydrogens is 330 g/mol. The molecule has 1 aromatic carbocycles. The van der Waals surface area contributed by atoms with Crippen LogP contribution in [0.2, 0.25) is 5.02 Å². The fourth-order valence-electron chi connectivity index (χ4n) is 2.57. The van der Waals surface area contributed by atoms with Gasteiger partial charge in [-0.05, 0) is 47.0 Å². The summed E-state index contributed by atoms with van der Waals surface area (Å²) in [5.74, 6) is -0.763. The molecule has 0 saturated heterocycles. The number of carboxylic acid groups (broad SMARTS) is 1. The van der Waals surface area contributed by atoms with Crippen molar-refractivity contribution in [3.8, 4) is 0 Å². The highest BCUT2D eigenvalue weighted by Gasteiger charge is 2.38. The predicted octanol–water partition coefficient (Wildman–Crippen LogP) is 4.69. The Morgan fingerprint density at radius 1 is 1.26 bits per heavy atom. The average molecular weight is 347 g/mol. The Bertz CT molecular complexity index is 471. The van der Waals surface area contributed by atoms with Crippen molar-refractivity contribution in [3.63, 3.8) is 0 Å². The van der Waals surface area contributed by atoms with E-state index in [1.165, 1.54) is 0 Å². The predicted molar refractivity (Wildman–Crippen MR) is 80.8 cm³/mol. The van der Waals surface area contributed by atoms with Gasteiger partial charge in [0.05, 0.1) is 5.02 Å². The van der Waals surface area contributed by atoms with Crippen LogP contribution in [-0.2, 0) is 4.79 Å². The fraction of sp³-hybridized carbons (Fsp3) is 0.500. The number of nitrogens with one attached hydrogen (secondary N) is 1. The zero-order valence-corrected chi connectivity index (χ0v) is 12.9. The van der Waals surface area contributed by atoms with Crippen LogP contribution in [-0.4, -0.2) is 16.6 Å². The molecule has 0 radical (unpaired) electrons. The minimum atomic E-state index is -0.843. The number of anilines is 1. The van der Waals surface area contributed by atoms with Crippen molar-refractivity contribution in [1.82, 2.24) is 0 Å². The van der Waals surface area contributed by atoms with Crippen molar-refractivity contribution in [2.75, 3.05) is 5.32 Å². The summed E-state index contributed by atoms with van der Waals surface area (Å²) in [6, 6.07) is 5.42. The number of benzene rings is 1. The third kappa shape index (κ3) is 3.42. The summed E-state index contributed by atoms with van der Waals surface area (Å²) in [4.78, 5) is 11.7. The summed E-state index contributed by atoms with van der Waals surface area (Å²) >= 11 is 9.32. The summed E-state index contributed by atoms with van der Waals surface area (Å²) in [5.41, 5.74) is -0.0513. The molecule has 19 heavy (non-hydrogen) atoms. The van der Waals surface area contributed by atoms with Crippen LogP contribution in [0.1, 0.15) is 38.5 Å². The molecule has 1 aromatic rings. The standard InChI is InChI=1S/C14H17BrClNO2/c15-11-9-10(5-6-12(11)16)17-14(13(18)19)7-3-1-2-4-8-14/h5-6,9,17H,1-4,7-8H2,(H,18,19). The molecule has 0 heterocycles. The molecule has 1 fully saturated rings. The second kappa shape index (κ2) is 6.14. The summed E-state index contributed by atoms with van der Waals surface area (Å²) in [7, 11) is 0. The monoisotopic (exact) mass is 345 g/mol. The van der Waals surface area contributed by atoms with Gasteiger partial charge in [-0.1, -0.05) is 37.3 Å². The van der Waals surface area contributed by atoms with E-state index in [4.69, 9.17) is 11.6 Å². The highest BCUT2D eigenvalue weighted by molar-refractivity contribution is 9.10. The Kier molecular flexibility index (Phi) is 4.74. The first-order valence-electron chi connectivity index (χ1n) is 6.50. The largest absolute Gasteiger partial charge is 0.480 e. The molecule has 3 nitrogen and oxygen atoms in total. The van der Waals surface area contributed by atoms with E-state index in [2.05, 4.69) is 21.2 Å². The van der Waals surface area contributed by atoms with E-state index in [9.17, 15) is 9.90 Å². The second-order valence-corrected chi connectivity index (χ2v) is 6.32. The van der Waals surface area contributed by atoms with Gasteiger partial charge >= 0.3 is 5.97 Å². The van der Waals surface area contributed by atoms with Crippen LogP contribution in [0.25, 0.3) is 0 Å². The number of halogens is 2. The third-order valence-corrected chi connectivity index (χ3v) is 4.88. The molecule has 0 amide bonds. The van der Waals surface area contributed by atoms with Gasteiger partial charge in [0.15, 0.2) is 0 Å². The maximum Gasteiger partial charge on any atom is 0.329 e. The van der Waals surface area contributed by atoms with Crippen molar-refractivity contribution in [3.05, 3.63) is 27.7 Å². The lowest BCUT2D eigenvalue weighted by atomic mass is 9.90. The van der Waals surface area contributed by atoms with Gasteiger partial charge in [0.2, 0.25) is 0 Å². The van der Waals surface area contributed by atoms with Crippen molar-refractivity contribution >= 4 is 39.2 Å². The fourth-order valence-corrected chi connectivity index (χ4v) is 3.07. The summed E-state index contributed by atoms with van der Waals surface area (Å²) in [6.07, 6.45) is 5.47. The van der Waals surface area contributed by atoms with Crippen LogP contribution in [0, 0.1) is 0 Å². The molecule has 0 aromatic heterocycles. The highest BCUT2D eigenvalue weighted by Crippen LogP contribution is 2.33. The van der Waals surface area contributed by atoms with Gasteiger partial charge in [0, 0.05) is 10.2 Å². The molecule has 0 atom stereocenters. The molecule has 2 N–H and O–H groups in total. The van der Waals surface area contributed by atoms with Crippen LogP contribution < -0.4 is 5.32 Å². The molecule has 0 unspecified atom stereocenters. The Balaban J connectivity index is 2.24. The normalized spacial score (nSPS) is 18.6. The smallest absolute Gasteiger partial charge is 0.329 e. The lowest BCUT2D eigenvalue weighted by Crippen LogP contribution is -2.46. The highest BCUT2D eigenvalue weighted by atomic mass is 79.9. The zero-order chi connectivity index (χ0) is 13.9. The number of hydrogen-bond acceptors (Lipinski definition) is 2. The Labute approximate surface area is 126 Å². The molecule has 2 rings (SSSR count). The van der Waals surface area contributed by atoms with Crippen LogP contribution in [0.5, 0.6) is 0 Å². The van der Waals surface area contributed by atoms with Crippen LogP contribution >= 0.6 is 27.5 Å². The minimum absolute atomic E-state index is 0.621. The number of carbonyl (C=O) groups is 1. The third-order valence-electron chi connectivity index (χ3n) is 3.67. The molecule has 0 bridgehead atoms. The van der Waals surface area contributed by atoms with Crippen molar-refractivity contribution in [2.24, 2.45) is 0 Å². The summed E-state index contributed by atoms with van der Waals surface area (Å²) in [5, 5.41) is 13.4. The molecule has 1 saturated carbocycles. The molecule has 0 spiro atoms. The van der Waals surface area contributed by atoms with E-state index in [0.717, 1.165) is 35.8 Å². The van der Waals surface area contributed by atoms with E-state index in [1.807, 2.05) is 12.1 Å². The van der Waals surface area contributed by atoms with Crippen LogP contribution in [0.4, 0.5) is 5.69 Å². The van der Waals surface area contributed by atoms with Crippen molar-refractivity contribution < 1.29 is 9.90 Å².